The SMILES string of the molecule is C/C=N/Oc1ccccc1Cl. The van der Waals surface area contributed by atoms with E-state index in [1.165, 1.54) is 0 Å². The highest BCUT2D eigenvalue weighted by molar-refractivity contribution is 6.32. The van der Waals surface area contributed by atoms with Crippen LogP contribution in [0.4, 0.5) is 0 Å². The molecule has 1 aromatic carbocycles. The van der Waals surface area contributed by atoms with Gasteiger partial charge in [-0.2, -0.15) is 0 Å². The van der Waals surface area contributed by atoms with Gasteiger partial charge in [0.05, 0.1) is 5.02 Å². The van der Waals surface area contributed by atoms with Crippen LogP contribution in [0.25, 0.3) is 0 Å². The minimum absolute atomic E-state index is 0.568. The van der Waals surface area contributed by atoms with Crippen molar-refractivity contribution in [2.75, 3.05) is 0 Å². The zero-order valence-electron chi connectivity index (χ0n) is 6.12. The third kappa shape index (κ3) is 2.24. The van der Waals surface area contributed by atoms with Crippen molar-refractivity contribution < 1.29 is 4.84 Å². The summed E-state index contributed by atoms with van der Waals surface area (Å²) in [6.45, 7) is 1.77. The first-order valence-electron chi connectivity index (χ1n) is 3.24. The number of benzene rings is 1. The number of para-hydroxylation sites is 1. The Morgan fingerprint density at radius 3 is 2.82 bits per heavy atom. The predicted molar refractivity (Wildman–Crippen MR) is 46.2 cm³/mol. The highest BCUT2D eigenvalue weighted by Crippen LogP contribution is 2.22. The maximum absolute atomic E-state index is 5.76. The summed E-state index contributed by atoms with van der Waals surface area (Å²) in [4.78, 5) is 4.92. The number of halogens is 1. The second-order valence-corrected chi connectivity index (χ2v) is 2.29. The summed E-state index contributed by atoms with van der Waals surface area (Å²) in [5.41, 5.74) is 0. The van der Waals surface area contributed by atoms with Crippen LogP contribution in [0.2, 0.25) is 5.02 Å². The first kappa shape index (κ1) is 8.08. The minimum atomic E-state index is 0.568. The summed E-state index contributed by atoms with van der Waals surface area (Å²) < 4.78 is 0. The smallest absolute Gasteiger partial charge is 0.176 e. The fraction of sp³-hybridized carbons (Fsp3) is 0.125. The Balaban J connectivity index is 2.77. The molecule has 0 atom stereocenters. The van der Waals surface area contributed by atoms with Gasteiger partial charge in [0.2, 0.25) is 0 Å². The number of hydrogen-bond donors (Lipinski definition) is 0. The molecule has 0 radical (unpaired) electrons. The van der Waals surface area contributed by atoms with Crippen molar-refractivity contribution in [1.82, 2.24) is 0 Å². The van der Waals surface area contributed by atoms with E-state index in [0.717, 1.165) is 0 Å². The molecule has 0 heterocycles. The van der Waals surface area contributed by atoms with Crippen molar-refractivity contribution in [1.29, 1.82) is 0 Å². The Morgan fingerprint density at radius 2 is 2.18 bits per heavy atom. The molecule has 0 aliphatic rings. The van der Waals surface area contributed by atoms with Crippen molar-refractivity contribution >= 4 is 17.8 Å². The van der Waals surface area contributed by atoms with Crippen LogP contribution in [0.1, 0.15) is 6.92 Å². The van der Waals surface area contributed by atoms with Gasteiger partial charge in [0.15, 0.2) is 5.75 Å². The van der Waals surface area contributed by atoms with Gasteiger partial charge in [-0.1, -0.05) is 28.9 Å². The molecule has 0 amide bonds. The second-order valence-electron chi connectivity index (χ2n) is 1.89. The van der Waals surface area contributed by atoms with Crippen LogP contribution in [0, 0.1) is 0 Å². The quantitative estimate of drug-likeness (QED) is 0.493. The Morgan fingerprint density at radius 1 is 1.45 bits per heavy atom. The maximum Gasteiger partial charge on any atom is 0.176 e. The average Bonchev–Trinajstić information content (AvgIpc) is 2.03. The molecule has 0 aliphatic carbocycles. The van der Waals surface area contributed by atoms with Gasteiger partial charge in [-0.25, -0.2) is 0 Å². The van der Waals surface area contributed by atoms with E-state index in [1.54, 1.807) is 25.3 Å². The molecular weight excluding hydrogens is 162 g/mol. The summed E-state index contributed by atoms with van der Waals surface area (Å²) in [7, 11) is 0. The number of oxime groups is 1. The van der Waals surface area contributed by atoms with Gasteiger partial charge in [0.1, 0.15) is 0 Å². The van der Waals surface area contributed by atoms with Crippen LogP contribution >= 0.6 is 11.6 Å². The Hall–Kier alpha value is -1.02. The summed E-state index contributed by atoms with van der Waals surface area (Å²) in [6.07, 6.45) is 1.56. The summed E-state index contributed by atoms with van der Waals surface area (Å²) >= 11 is 5.76. The molecule has 0 N–H and O–H groups in total. The van der Waals surface area contributed by atoms with E-state index in [1.807, 2.05) is 12.1 Å². The van der Waals surface area contributed by atoms with Crippen molar-refractivity contribution in [2.24, 2.45) is 5.16 Å². The first-order valence-corrected chi connectivity index (χ1v) is 3.62. The molecule has 58 valence electrons. The third-order valence-corrected chi connectivity index (χ3v) is 1.41. The molecule has 0 spiro atoms. The van der Waals surface area contributed by atoms with Crippen LogP contribution in [0.15, 0.2) is 29.4 Å². The van der Waals surface area contributed by atoms with Crippen LogP contribution in [-0.2, 0) is 0 Å². The van der Waals surface area contributed by atoms with Crippen molar-refractivity contribution in [3.8, 4) is 5.75 Å². The van der Waals surface area contributed by atoms with E-state index >= 15 is 0 Å². The Kier molecular flexibility index (Phi) is 2.93. The number of rotatable bonds is 2. The Bertz CT molecular complexity index is 260. The fourth-order valence-electron chi connectivity index (χ4n) is 0.628. The van der Waals surface area contributed by atoms with Gasteiger partial charge >= 0.3 is 0 Å². The molecule has 0 aliphatic heterocycles. The van der Waals surface area contributed by atoms with Gasteiger partial charge in [0.25, 0.3) is 0 Å². The Labute approximate surface area is 70.4 Å². The molecule has 0 saturated carbocycles. The fourth-order valence-corrected chi connectivity index (χ4v) is 0.798. The standard InChI is InChI=1S/C8H8ClNO/c1-2-10-11-8-6-4-3-5-7(8)9/h2-6H,1H3/b10-2+. The zero-order chi connectivity index (χ0) is 8.10. The summed E-state index contributed by atoms with van der Waals surface area (Å²) in [5.74, 6) is 0.576. The normalized spacial score (nSPS) is 10.4. The van der Waals surface area contributed by atoms with E-state index in [-0.39, 0.29) is 0 Å². The summed E-state index contributed by atoms with van der Waals surface area (Å²) in [6, 6.07) is 7.19. The van der Waals surface area contributed by atoms with E-state index < -0.39 is 0 Å². The molecule has 0 unspecified atom stereocenters. The predicted octanol–water partition coefficient (Wildman–Crippen LogP) is 2.72. The lowest BCUT2D eigenvalue weighted by Crippen LogP contribution is -1.82. The van der Waals surface area contributed by atoms with Gasteiger partial charge in [0, 0.05) is 6.21 Å². The third-order valence-electron chi connectivity index (χ3n) is 1.09. The number of hydrogen-bond acceptors (Lipinski definition) is 2. The van der Waals surface area contributed by atoms with E-state index in [9.17, 15) is 0 Å². The molecule has 0 bridgehead atoms. The lowest BCUT2D eigenvalue weighted by Gasteiger charge is -1.98. The first-order chi connectivity index (χ1) is 5.34. The minimum Gasteiger partial charge on any atom is -0.356 e. The van der Waals surface area contributed by atoms with E-state index in [0.29, 0.717) is 10.8 Å². The lowest BCUT2D eigenvalue weighted by molar-refractivity contribution is 0.343. The molecule has 0 fully saturated rings. The van der Waals surface area contributed by atoms with E-state index in [2.05, 4.69) is 5.16 Å². The van der Waals surface area contributed by atoms with Crippen molar-refractivity contribution in [3.05, 3.63) is 29.3 Å². The van der Waals surface area contributed by atoms with Crippen molar-refractivity contribution in [2.45, 2.75) is 6.92 Å². The lowest BCUT2D eigenvalue weighted by atomic mass is 10.3. The molecule has 3 heteroatoms. The van der Waals surface area contributed by atoms with Gasteiger partial charge < -0.3 is 4.84 Å². The topological polar surface area (TPSA) is 21.6 Å². The zero-order valence-corrected chi connectivity index (χ0v) is 6.88. The van der Waals surface area contributed by atoms with Crippen LogP contribution < -0.4 is 4.84 Å². The maximum atomic E-state index is 5.76. The van der Waals surface area contributed by atoms with Crippen LogP contribution in [-0.4, -0.2) is 6.21 Å². The van der Waals surface area contributed by atoms with Gasteiger partial charge in [-0.15, -0.1) is 0 Å². The number of nitrogens with zero attached hydrogens (tertiary/aromatic N) is 1. The largest absolute Gasteiger partial charge is 0.356 e. The van der Waals surface area contributed by atoms with Crippen LogP contribution in [0.5, 0.6) is 5.75 Å². The monoisotopic (exact) mass is 169 g/mol. The highest BCUT2D eigenvalue weighted by atomic mass is 35.5. The van der Waals surface area contributed by atoms with E-state index in [4.69, 9.17) is 16.4 Å². The second kappa shape index (κ2) is 3.98. The molecule has 2 nitrogen and oxygen atoms in total. The molecule has 1 aromatic rings. The molecule has 0 aromatic heterocycles. The summed E-state index contributed by atoms with van der Waals surface area (Å²) in [5, 5.41) is 4.16. The van der Waals surface area contributed by atoms with Gasteiger partial charge in [-0.3, -0.25) is 0 Å². The van der Waals surface area contributed by atoms with Gasteiger partial charge in [-0.05, 0) is 19.1 Å². The molecule has 11 heavy (non-hydrogen) atoms. The highest BCUT2D eigenvalue weighted by Gasteiger charge is 1.96. The van der Waals surface area contributed by atoms with Crippen molar-refractivity contribution in [3.63, 3.8) is 0 Å². The molecule has 0 saturated heterocycles. The van der Waals surface area contributed by atoms with Crippen LogP contribution in [0.3, 0.4) is 0 Å². The average molecular weight is 170 g/mol. The molecule has 1 rings (SSSR count). The molecular formula is C8H8ClNO.